The monoisotopic (exact) mass is 425 g/mol. The minimum Gasteiger partial charge on any atom is -0.379 e. The van der Waals surface area contributed by atoms with Crippen LogP contribution in [0.2, 0.25) is 0 Å². The first kappa shape index (κ1) is 20.7. The van der Waals surface area contributed by atoms with Gasteiger partial charge >= 0.3 is 10.1 Å². The smallest absolute Gasteiger partial charge is 0.339 e. The zero-order chi connectivity index (χ0) is 21.6. The molecule has 1 N–H and O–H groups in total. The van der Waals surface area contributed by atoms with Gasteiger partial charge in [-0.25, -0.2) is 5.43 Å². The first-order valence-electron chi connectivity index (χ1n) is 8.53. The van der Waals surface area contributed by atoms with Crippen molar-refractivity contribution in [3.8, 4) is 5.75 Å². The van der Waals surface area contributed by atoms with Gasteiger partial charge in [-0.05, 0) is 54.1 Å². The molecule has 0 spiro atoms. The van der Waals surface area contributed by atoms with Gasteiger partial charge in [-0.15, -0.1) is 0 Å². The Hall–Kier alpha value is -4.05. The number of non-ortho nitro benzene ring substituents is 1. The van der Waals surface area contributed by atoms with Crippen LogP contribution in [0, 0.1) is 10.1 Å². The molecule has 152 valence electrons. The topological polar surface area (TPSA) is 128 Å². The molecule has 1 amide bonds. The predicted molar refractivity (Wildman–Crippen MR) is 109 cm³/mol. The Bertz CT molecular complexity index is 1180. The Morgan fingerprint density at radius 2 is 1.60 bits per heavy atom. The lowest BCUT2D eigenvalue weighted by molar-refractivity contribution is -0.384. The molecule has 0 aliphatic carbocycles. The third-order valence-corrected chi connectivity index (χ3v) is 5.10. The largest absolute Gasteiger partial charge is 0.379 e. The average Bonchev–Trinajstić information content (AvgIpc) is 2.75. The fourth-order valence-electron chi connectivity index (χ4n) is 2.34. The van der Waals surface area contributed by atoms with Gasteiger partial charge in [0.15, 0.2) is 0 Å². The van der Waals surface area contributed by atoms with E-state index in [1.807, 2.05) is 0 Å². The van der Waals surface area contributed by atoms with Crippen LogP contribution >= 0.6 is 0 Å². The van der Waals surface area contributed by atoms with E-state index < -0.39 is 15.0 Å². The molecule has 3 rings (SSSR count). The van der Waals surface area contributed by atoms with E-state index in [1.165, 1.54) is 18.3 Å². The highest BCUT2D eigenvalue weighted by Crippen LogP contribution is 2.21. The Balaban J connectivity index is 1.62. The van der Waals surface area contributed by atoms with E-state index in [-0.39, 0.29) is 22.2 Å². The normalized spacial score (nSPS) is 11.2. The average molecular weight is 425 g/mol. The zero-order valence-corrected chi connectivity index (χ0v) is 16.2. The molecule has 0 fully saturated rings. The molecule has 0 aliphatic heterocycles. The lowest BCUT2D eigenvalue weighted by Crippen LogP contribution is -2.17. The summed E-state index contributed by atoms with van der Waals surface area (Å²) in [7, 11) is -4.14. The van der Waals surface area contributed by atoms with Crippen molar-refractivity contribution >= 4 is 27.9 Å². The van der Waals surface area contributed by atoms with Crippen molar-refractivity contribution in [3.63, 3.8) is 0 Å². The summed E-state index contributed by atoms with van der Waals surface area (Å²) in [6.45, 7) is 0. The second kappa shape index (κ2) is 8.97. The highest BCUT2D eigenvalue weighted by molar-refractivity contribution is 7.87. The van der Waals surface area contributed by atoms with Crippen molar-refractivity contribution in [1.29, 1.82) is 0 Å². The molecule has 3 aromatic carbocycles. The molecule has 0 radical (unpaired) electrons. The Labute approximate surface area is 171 Å². The molecular weight excluding hydrogens is 410 g/mol. The summed E-state index contributed by atoms with van der Waals surface area (Å²) in [6, 6.07) is 18.9. The number of rotatable bonds is 7. The number of nitrogens with one attached hydrogen (secondary N) is 1. The van der Waals surface area contributed by atoms with Gasteiger partial charge in [0.1, 0.15) is 10.6 Å². The standard InChI is InChI=1S/C20H15N3O6S/c24-20(16-4-2-1-3-5-16)22-21-14-15-6-10-18(11-7-15)29-30(27,28)19-12-8-17(9-13-19)23(25)26/h1-14H,(H,22,24)/b21-14+. The van der Waals surface area contributed by atoms with E-state index >= 15 is 0 Å². The second-order valence-corrected chi connectivity index (χ2v) is 7.47. The van der Waals surface area contributed by atoms with Crippen molar-refractivity contribution in [1.82, 2.24) is 5.43 Å². The molecule has 10 heteroatoms. The fourth-order valence-corrected chi connectivity index (χ4v) is 3.27. The molecule has 30 heavy (non-hydrogen) atoms. The second-order valence-electron chi connectivity index (χ2n) is 5.92. The van der Waals surface area contributed by atoms with Crippen LogP contribution in [-0.2, 0) is 10.1 Å². The number of nitro benzene ring substituents is 1. The minimum absolute atomic E-state index is 0.0545. The number of hydrogen-bond acceptors (Lipinski definition) is 7. The van der Waals surface area contributed by atoms with E-state index in [2.05, 4.69) is 10.5 Å². The van der Waals surface area contributed by atoms with Crippen LogP contribution in [0.25, 0.3) is 0 Å². The maximum Gasteiger partial charge on any atom is 0.339 e. The number of amides is 1. The van der Waals surface area contributed by atoms with Gasteiger partial charge in [-0.2, -0.15) is 13.5 Å². The van der Waals surface area contributed by atoms with Crippen LogP contribution in [0.5, 0.6) is 5.75 Å². The van der Waals surface area contributed by atoms with Gasteiger partial charge in [0.05, 0.1) is 11.1 Å². The van der Waals surface area contributed by atoms with Crippen molar-refractivity contribution in [3.05, 3.63) is 100 Å². The number of carbonyl (C=O) groups excluding carboxylic acids is 1. The molecule has 0 aromatic heterocycles. The van der Waals surface area contributed by atoms with Crippen LogP contribution in [0.15, 0.2) is 88.9 Å². The molecule has 0 bridgehead atoms. The molecule has 0 saturated carbocycles. The quantitative estimate of drug-likeness (QED) is 0.268. The van der Waals surface area contributed by atoms with Gasteiger partial charge in [-0.3, -0.25) is 14.9 Å². The summed E-state index contributed by atoms with van der Waals surface area (Å²) < 4.78 is 29.6. The van der Waals surface area contributed by atoms with E-state index in [9.17, 15) is 23.3 Å². The molecule has 0 atom stereocenters. The Morgan fingerprint density at radius 3 is 2.20 bits per heavy atom. The summed E-state index contributed by atoms with van der Waals surface area (Å²) in [5, 5.41) is 14.5. The maximum absolute atomic E-state index is 12.3. The molecule has 3 aromatic rings. The predicted octanol–water partition coefficient (Wildman–Crippen LogP) is 3.13. The lowest BCUT2D eigenvalue weighted by Gasteiger charge is -2.07. The lowest BCUT2D eigenvalue weighted by atomic mass is 10.2. The van der Waals surface area contributed by atoms with Crippen molar-refractivity contribution in [2.45, 2.75) is 4.90 Å². The van der Waals surface area contributed by atoms with Crippen LogP contribution in [0.4, 0.5) is 5.69 Å². The SMILES string of the molecule is O=C(N/N=C/c1ccc(OS(=O)(=O)c2ccc([N+](=O)[O-])cc2)cc1)c1ccccc1. The number of carbonyl (C=O) groups is 1. The third kappa shape index (κ3) is 5.26. The summed E-state index contributed by atoms with van der Waals surface area (Å²) in [5.41, 5.74) is 3.23. The van der Waals surface area contributed by atoms with Crippen molar-refractivity contribution in [2.75, 3.05) is 0 Å². The molecule has 0 aliphatic rings. The fraction of sp³-hybridized carbons (Fsp3) is 0. The van der Waals surface area contributed by atoms with Gasteiger partial charge < -0.3 is 4.18 Å². The summed E-state index contributed by atoms with van der Waals surface area (Å²) in [4.78, 5) is 21.7. The van der Waals surface area contributed by atoms with E-state index in [4.69, 9.17) is 4.18 Å². The van der Waals surface area contributed by atoms with Crippen LogP contribution < -0.4 is 9.61 Å². The van der Waals surface area contributed by atoms with Crippen molar-refractivity contribution < 1.29 is 22.3 Å². The molecule has 0 heterocycles. The zero-order valence-electron chi connectivity index (χ0n) is 15.3. The first-order chi connectivity index (χ1) is 14.3. The number of nitrogens with zero attached hydrogens (tertiary/aromatic N) is 2. The van der Waals surface area contributed by atoms with Crippen LogP contribution in [0.1, 0.15) is 15.9 Å². The van der Waals surface area contributed by atoms with Gasteiger partial charge in [0, 0.05) is 17.7 Å². The molecular formula is C20H15N3O6S. The number of benzene rings is 3. The van der Waals surface area contributed by atoms with Crippen LogP contribution in [-0.4, -0.2) is 25.5 Å². The summed E-state index contributed by atoms with van der Waals surface area (Å²) >= 11 is 0. The first-order valence-corrected chi connectivity index (χ1v) is 9.93. The van der Waals surface area contributed by atoms with Gasteiger partial charge in [0.2, 0.25) is 0 Å². The maximum atomic E-state index is 12.3. The number of hydrazone groups is 1. The molecule has 0 saturated heterocycles. The number of nitro groups is 1. The minimum atomic E-state index is -4.14. The highest BCUT2D eigenvalue weighted by atomic mass is 32.2. The Morgan fingerprint density at radius 1 is 0.967 bits per heavy atom. The molecule has 9 nitrogen and oxygen atoms in total. The van der Waals surface area contributed by atoms with E-state index in [0.29, 0.717) is 11.1 Å². The van der Waals surface area contributed by atoms with Gasteiger partial charge in [0.25, 0.3) is 11.6 Å². The summed E-state index contributed by atoms with van der Waals surface area (Å²) in [6.07, 6.45) is 1.40. The van der Waals surface area contributed by atoms with Gasteiger partial charge in [-0.1, -0.05) is 18.2 Å². The number of hydrogen-bond donors (Lipinski definition) is 1. The van der Waals surface area contributed by atoms with E-state index in [1.54, 1.807) is 42.5 Å². The summed E-state index contributed by atoms with van der Waals surface area (Å²) in [5.74, 6) is -0.306. The molecule has 0 unspecified atom stereocenters. The highest BCUT2D eigenvalue weighted by Gasteiger charge is 2.18. The van der Waals surface area contributed by atoms with E-state index in [0.717, 1.165) is 24.3 Å². The Kier molecular flexibility index (Phi) is 6.18. The van der Waals surface area contributed by atoms with Crippen molar-refractivity contribution in [2.24, 2.45) is 5.10 Å². The third-order valence-electron chi connectivity index (χ3n) is 3.84. The van der Waals surface area contributed by atoms with Crippen LogP contribution in [0.3, 0.4) is 0 Å².